The van der Waals surface area contributed by atoms with Gasteiger partial charge in [0, 0.05) is 30.1 Å². The van der Waals surface area contributed by atoms with Crippen LogP contribution in [0.1, 0.15) is 75.3 Å². The lowest BCUT2D eigenvalue weighted by atomic mass is 9.86. The molecule has 3 aromatic rings. The standard InChI is InChI=1S/C33H33ClFNO2/c1-21-6-12-27(30(34)16-21)28-5-2-4-24-17-25(32(37)38)11-13-26(24)31(28)23-9-7-22(8-10-23)29-18-33(29)19-36(20-33)15-3-14-35/h6-13,16-17,29H,2-5,14-15,18-20H2,1H3,(H,37,38). The normalized spacial score (nSPS) is 20.1. The molecular formula is C33H33ClFNO2. The number of hydrogen-bond donors (Lipinski definition) is 1. The molecular weight excluding hydrogens is 497 g/mol. The summed E-state index contributed by atoms with van der Waals surface area (Å²) in [7, 11) is 0. The Labute approximate surface area is 228 Å². The Morgan fingerprint density at radius 3 is 2.53 bits per heavy atom. The molecule has 0 radical (unpaired) electrons. The summed E-state index contributed by atoms with van der Waals surface area (Å²) in [5.74, 6) is -0.316. The fourth-order valence-electron chi connectivity index (χ4n) is 6.72. The Kier molecular flexibility index (Phi) is 6.65. The quantitative estimate of drug-likeness (QED) is 0.339. The Morgan fingerprint density at radius 2 is 1.82 bits per heavy atom. The van der Waals surface area contributed by atoms with Gasteiger partial charge in [0.25, 0.3) is 0 Å². The maximum Gasteiger partial charge on any atom is 0.335 e. The lowest BCUT2D eigenvalue weighted by molar-refractivity contribution is 0.0696. The second kappa shape index (κ2) is 9.98. The van der Waals surface area contributed by atoms with Crippen molar-refractivity contribution in [1.82, 2.24) is 4.90 Å². The van der Waals surface area contributed by atoms with Crippen molar-refractivity contribution in [2.24, 2.45) is 5.41 Å². The Hall–Kier alpha value is -2.95. The minimum Gasteiger partial charge on any atom is -0.478 e. The van der Waals surface area contributed by atoms with E-state index in [1.54, 1.807) is 6.07 Å². The van der Waals surface area contributed by atoms with E-state index >= 15 is 0 Å². The molecule has 6 rings (SSSR count). The fraction of sp³-hybridized carbons (Fsp3) is 0.364. The van der Waals surface area contributed by atoms with E-state index in [0.29, 0.717) is 23.3 Å². The first-order chi connectivity index (χ1) is 18.4. The van der Waals surface area contributed by atoms with Crippen molar-refractivity contribution < 1.29 is 14.3 Å². The fourth-order valence-corrected chi connectivity index (χ4v) is 7.07. The second-order valence-electron chi connectivity index (χ2n) is 11.4. The highest BCUT2D eigenvalue weighted by molar-refractivity contribution is 6.32. The summed E-state index contributed by atoms with van der Waals surface area (Å²) < 4.78 is 12.5. The number of rotatable bonds is 7. The first-order valence-corrected chi connectivity index (χ1v) is 14.0. The topological polar surface area (TPSA) is 40.5 Å². The number of carboxylic acid groups (broad SMARTS) is 1. The molecule has 1 aliphatic heterocycles. The van der Waals surface area contributed by atoms with Crippen LogP contribution in [0.2, 0.25) is 5.02 Å². The molecule has 5 heteroatoms. The van der Waals surface area contributed by atoms with E-state index in [4.69, 9.17) is 11.6 Å². The zero-order chi connectivity index (χ0) is 26.4. The number of likely N-dealkylation sites (tertiary alicyclic amines) is 1. The van der Waals surface area contributed by atoms with Crippen molar-refractivity contribution in [3.63, 3.8) is 0 Å². The van der Waals surface area contributed by atoms with Gasteiger partial charge in [0.05, 0.1) is 12.2 Å². The summed E-state index contributed by atoms with van der Waals surface area (Å²) in [6, 6.07) is 20.8. The molecule has 196 valence electrons. The maximum absolute atomic E-state index is 12.5. The first-order valence-electron chi connectivity index (χ1n) is 13.6. The van der Waals surface area contributed by atoms with Gasteiger partial charge in [-0.05, 0) is 108 Å². The third-order valence-electron chi connectivity index (χ3n) is 8.72. The molecule has 1 saturated heterocycles. The molecule has 1 N–H and O–H groups in total. The van der Waals surface area contributed by atoms with E-state index in [9.17, 15) is 14.3 Å². The number of halogens is 2. The largest absolute Gasteiger partial charge is 0.478 e. The van der Waals surface area contributed by atoms with E-state index in [2.05, 4.69) is 41.3 Å². The molecule has 0 amide bonds. The Bertz CT molecular complexity index is 1420. The molecule has 1 saturated carbocycles. The second-order valence-corrected chi connectivity index (χ2v) is 11.8. The molecule has 1 atom stereocenters. The zero-order valence-electron chi connectivity index (χ0n) is 21.8. The number of benzene rings is 3. The Morgan fingerprint density at radius 1 is 1.05 bits per heavy atom. The molecule has 3 aliphatic rings. The van der Waals surface area contributed by atoms with Gasteiger partial charge in [0.1, 0.15) is 0 Å². The van der Waals surface area contributed by atoms with Crippen LogP contribution < -0.4 is 0 Å². The number of fused-ring (bicyclic) bond motifs is 1. The van der Waals surface area contributed by atoms with Gasteiger partial charge in [-0.2, -0.15) is 0 Å². The van der Waals surface area contributed by atoms with Gasteiger partial charge in [-0.15, -0.1) is 0 Å². The molecule has 2 aliphatic carbocycles. The predicted molar refractivity (Wildman–Crippen MR) is 152 cm³/mol. The van der Waals surface area contributed by atoms with Crippen LogP contribution in [0, 0.1) is 12.3 Å². The maximum atomic E-state index is 12.5. The number of alkyl halides is 1. The first kappa shape index (κ1) is 25.3. The highest BCUT2D eigenvalue weighted by Gasteiger charge is 2.61. The molecule has 0 bridgehead atoms. The van der Waals surface area contributed by atoms with Crippen LogP contribution in [0.3, 0.4) is 0 Å². The monoisotopic (exact) mass is 529 g/mol. The molecule has 2 fully saturated rings. The van der Waals surface area contributed by atoms with Crippen molar-refractivity contribution in [3.8, 4) is 0 Å². The van der Waals surface area contributed by atoms with Gasteiger partial charge in [0.15, 0.2) is 0 Å². The zero-order valence-corrected chi connectivity index (χ0v) is 22.5. The lowest BCUT2D eigenvalue weighted by Crippen LogP contribution is -2.49. The van der Waals surface area contributed by atoms with Crippen LogP contribution in [0.4, 0.5) is 4.39 Å². The van der Waals surface area contributed by atoms with E-state index in [-0.39, 0.29) is 6.67 Å². The van der Waals surface area contributed by atoms with E-state index in [1.807, 2.05) is 25.1 Å². The molecule has 38 heavy (non-hydrogen) atoms. The molecule has 1 heterocycles. The highest BCUT2D eigenvalue weighted by atomic mass is 35.5. The average Bonchev–Trinajstić information content (AvgIpc) is 3.65. The summed E-state index contributed by atoms with van der Waals surface area (Å²) >= 11 is 6.80. The van der Waals surface area contributed by atoms with Crippen LogP contribution >= 0.6 is 11.6 Å². The SMILES string of the molecule is Cc1ccc(C2=C(c3ccc(C4CC45CN(CCCF)C5)cc3)c3ccc(C(=O)O)cc3CCC2)c(Cl)c1. The van der Waals surface area contributed by atoms with Gasteiger partial charge >= 0.3 is 5.97 Å². The third kappa shape index (κ3) is 4.58. The number of aromatic carboxylic acids is 1. The smallest absolute Gasteiger partial charge is 0.335 e. The van der Waals surface area contributed by atoms with Crippen molar-refractivity contribution in [2.75, 3.05) is 26.3 Å². The minimum absolute atomic E-state index is 0.235. The average molecular weight is 530 g/mol. The van der Waals surface area contributed by atoms with Crippen molar-refractivity contribution >= 4 is 28.7 Å². The summed E-state index contributed by atoms with van der Waals surface area (Å²) in [4.78, 5) is 14.1. The number of aryl methyl sites for hydroxylation is 2. The number of carboxylic acids is 1. The number of hydrogen-bond acceptors (Lipinski definition) is 2. The minimum atomic E-state index is -0.897. The van der Waals surface area contributed by atoms with E-state index in [1.165, 1.54) is 17.6 Å². The summed E-state index contributed by atoms with van der Waals surface area (Å²) in [6.45, 7) is 4.85. The van der Waals surface area contributed by atoms with Crippen molar-refractivity contribution in [3.05, 3.63) is 105 Å². The van der Waals surface area contributed by atoms with Gasteiger partial charge in [0.2, 0.25) is 0 Å². The highest BCUT2D eigenvalue weighted by Crippen LogP contribution is 2.64. The van der Waals surface area contributed by atoms with Gasteiger partial charge in [-0.3, -0.25) is 4.39 Å². The number of carbonyl (C=O) groups is 1. The van der Waals surface area contributed by atoms with Gasteiger partial charge < -0.3 is 10.0 Å². The van der Waals surface area contributed by atoms with Crippen LogP contribution in [-0.4, -0.2) is 42.3 Å². The third-order valence-corrected chi connectivity index (χ3v) is 9.04. The Balaban J connectivity index is 1.37. The number of nitrogens with zero attached hydrogens (tertiary/aromatic N) is 1. The van der Waals surface area contributed by atoms with Gasteiger partial charge in [-0.25, -0.2) is 4.79 Å². The van der Waals surface area contributed by atoms with Gasteiger partial charge in [-0.1, -0.05) is 54.1 Å². The van der Waals surface area contributed by atoms with E-state index in [0.717, 1.165) is 77.3 Å². The van der Waals surface area contributed by atoms with Crippen molar-refractivity contribution in [2.45, 2.75) is 44.9 Å². The molecule has 0 aromatic heterocycles. The van der Waals surface area contributed by atoms with E-state index < -0.39 is 5.97 Å². The van der Waals surface area contributed by atoms with Crippen LogP contribution in [-0.2, 0) is 6.42 Å². The van der Waals surface area contributed by atoms with Crippen LogP contribution in [0.5, 0.6) is 0 Å². The summed E-state index contributed by atoms with van der Waals surface area (Å²) in [5.41, 5.74) is 9.95. The summed E-state index contributed by atoms with van der Waals surface area (Å²) in [6.07, 6.45) is 4.48. The molecule has 3 aromatic carbocycles. The molecule has 1 spiro atoms. The van der Waals surface area contributed by atoms with Crippen LogP contribution in [0.15, 0.2) is 60.7 Å². The van der Waals surface area contributed by atoms with Crippen LogP contribution in [0.25, 0.3) is 11.1 Å². The molecule has 3 nitrogen and oxygen atoms in total. The summed E-state index contributed by atoms with van der Waals surface area (Å²) in [5, 5.41) is 10.3. The predicted octanol–water partition coefficient (Wildman–Crippen LogP) is 7.79. The number of allylic oxidation sites excluding steroid dienone is 1. The lowest BCUT2D eigenvalue weighted by Gasteiger charge is -2.41. The van der Waals surface area contributed by atoms with Crippen molar-refractivity contribution in [1.29, 1.82) is 0 Å². The molecule has 1 unspecified atom stereocenters.